The summed E-state index contributed by atoms with van der Waals surface area (Å²) in [5, 5.41) is 8.56. The minimum atomic E-state index is 0.485. The van der Waals surface area contributed by atoms with Gasteiger partial charge in [0.2, 0.25) is 0 Å². The quantitative estimate of drug-likeness (QED) is 0.590. The van der Waals surface area contributed by atoms with Crippen molar-refractivity contribution in [1.29, 1.82) is 5.26 Å². The molecule has 11 heavy (non-hydrogen) atoms. The van der Waals surface area contributed by atoms with E-state index in [2.05, 4.69) is 0 Å². The summed E-state index contributed by atoms with van der Waals surface area (Å²) in [6.07, 6.45) is 4.25. The first-order valence-electron chi connectivity index (χ1n) is 3.30. The summed E-state index contributed by atoms with van der Waals surface area (Å²) in [6, 6.07) is 2.04. The van der Waals surface area contributed by atoms with Crippen LogP contribution in [0, 0.1) is 11.3 Å². The highest BCUT2D eigenvalue weighted by Gasteiger charge is 2.06. The Hall–Kier alpha value is -0.980. The van der Waals surface area contributed by atoms with Crippen molar-refractivity contribution < 1.29 is 0 Å². The molecule has 1 aliphatic rings. The summed E-state index contributed by atoms with van der Waals surface area (Å²) in [5.74, 6) is 0. The van der Waals surface area contributed by atoms with Crippen LogP contribution in [0.1, 0.15) is 6.42 Å². The maximum atomic E-state index is 8.56. The number of nitrogens with two attached hydrogens (primary N) is 1. The molecule has 0 aromatic carbocycles. The molecule has 0 fully saturated rings. The SMILES string of the molecule is N#CC1=CC(=S)CC(CN)=C1. The van der Waals surface area contributed by atoms with E-state index in [1.807, 2.05) is 6.07 Å². The molecule has 56 valence electrons. The van der Waals surface area contributed by atoms with Crippen LogP contribution in [0.3, 0.4) is 0 Å². The molecule has 0 bridgehead atoms. The third-order valence-corrected chi connectivity index (χ3v) is 1.73. The van der Waals surface area contributed by atoms with Gasteiger partial charge in [0.25, 0.3) is 0 Å². The zero-order valence-electron chi connectivity index (χ0n) is 6.00. The fourth-order valence-corrected chi connectivity index (χ4v) is 1.27. The molecule has 0 atom stereocenters. The summed E-state index contributed by atoms with van der Waals surface area (Å²) >= 11 is 4.97. The van der Waals surface area contributed by atoms with E-state index in [9.17, 15) is 0 Å². The standard InChI is InChI=1S/C8H8N2S/c9-4-6-1-7(5-10)3-8(11)2-6/h1-2H,3,5,10H2. The highest BCUT2D eigenvalue weighted by molar-refractivity contribution is 7.80. The van der Waals surface area contributed by atoms with E-state index >= 15 is 0 Å². The van der Waals surface area contributed by atoms with Crippen molar-refractivity contribution in [2.45, 2.75) is 6.42 Å². The summed E-state index contributed by atoms with van der Waals surface area (Å²) < 4.78 is 0. The normalized spacial score (nSPS) is 16.9. The first-order valence-corrected chi connectivity index (χ1v) is 3.71. The monoisotopic (exact) mass is 164 g/mol. The van der Waals surface area contributed by atoms with E-state index in [1.54, 1.807) is 12.2 Å². The first-order chi connectivity index (χ1) is 5.26. The smallest absolute Gasteiger partial charge is 0.0991 e. The Bertz CT molecular complexity index is 281. The first kappa shape index (κ1) is 8.12. The van der Waals surface area contributed by atoms with Gasteiger partial charge in [-0.3, -0.25) is 0 Å². The second kappa shape index (κ2) is 3.42. The van der Waals surface area contributed by atoms with Gasteiger partial charge in [-0.2, -0.15) is 5.26 Å². The van der Waals surface area contributed by atoms with Crippen LogP contribution in [0.15, 0.2) is 23.3 Å². The highest BCUT2D eigenvalue weighted by atomic mass is 32.1. The Morgan fingerprint density at radius 3 is 2.91 bits per heavy atom. The maximum absolute atomic E-state index is 8.56. The van der Waals surface area contributed by atoms with Gasteiger partial charge in [-0.25, -0.2) is 0 Å². The Morgan fingerprint density at radius 1 is 1.64 bits per heavy atom. The zero-order valence-corrected chi connectivity index (χ0v) is 6.82. The average molecular weight is 164 g/mol. The molecule has 0 aliphatic heterocycles. The Morgan fingerprint density at radius 2 is 2.36 bits per heavy atom. The minimum absolute atomic E-state index is 0.485. The lowest BCUT2D eigenvalue weighted by Gasteiger charge is -2.08. The molecule has 1 aliphatic carbocycles. The molecule has 0 aromatic rings. The largest absolute Gasteiger partial charge is 0.327 e. The summed E-state index contributed by atoms with van der Waals surface area (Å²) in [5.41, 5.74) is 7.07. The van der Waals surface area contributed by atoms with Crippen molar-refractivity contribution in [3.8, 4) is 6.07 Å². The van der Waals surface area contributed by atoms with Gasteiger partial charge in [0.1, 0.15) is 0 Å². The van der Waals surface area contributed by atoms with Crippen LogP contribution in [-0.4, -0.2) is 11.4 Å². The third kappa shape index (κ3) is 1.97. The number of thiocarbonyl (C=S) groups is 1. The second-order valence-electron chi connectivity index (χ2n) is 2.36. The number of rotatable bonds is 1. The van der Waals surface area contributed by atoms with Crippen LogP contribution in [0.4, 0.5) is 0 Å². The second-order valence-corrected chi connectivity index (χ2v) is 2.89. The van der Waals surface area contributed by atoms with Gasteiger partial charge in [-0.05, 0) is 12.2 Å². The van der Waals surface area contributed by atoms with Crippen molar-refractivity contribution in [3.05, 3.63) is 23.3 Å². The fourth-order valence-electron chi connectivity index (χ4n) is 0.957. The number of nitriles is 1. The highest BCUT2D eigenvalue weighted by Crippen LogP contribution is 2.13. The van der Waals surface area contributed by atoms with Crippen molar-refractivity contribution in [2.24, 2.45) is 5.73 Å². The Kier molecular flexibility index (Phi) is 2.53. The topological polar surface area (TPSA) is 49.8 Å². The summed E-state index contributed by atoms with van der Waals surface area (Å²) in [4.78, 5) is 0.796. The van der Waals surface area contributed by atoms with E-state index in [0.717, 1.165) is 16.9 Å². The van der Waals surface area contributed by atoms with Crippen molar-refractivity contribution in [1.82, 2.24) is 0 Å². The van der Waals surface area contributed by atoms with E-state index < -0.39 is 0 Å². The number of allylic oxidation sites excluding steroid dienone is 3. The fraction of sp³-hybridized carbons (Fsp3) is 0.250. The summed E-state index contributed by atoms with van der Waals surface area (Å²) in [6.45, 7) is 0.485. The van der Waals surface area contributed by atoms with Gasteiger partial charge in [0, 0.05) is 17.8 Å². The molecular formula is C8H8N2S. The molecule has 1 rings (SSSR count). The average Bonchev–Trinajstić information content (AvgIpc) is 2.03. The van der Waals surface area contributed by atoms with Crippen molar-refractivity contribution >= 4 is 17.1 Å². The molecule has 0 amide bonds. The van der Waals surface area contributed by atoms with Crippen molar-refractivity contribution in [2.75, 3.05) is 6.54 Å². The van der Waals surface area contributed by atoms with Crippen LogP contribution in [0.25, 0.3) is 0 Å². The number of hydrogen-bond acceptors (Lipinski definition) is 3. The lowest BCUT2D eigenvalue weighted by Crippen LogP contribution is -2.09. The molecule has 0 saturated carbocycles. The molecule has 0 unspecified atom stereocenters. The molecule has 3 heteroatoms. The Balaban J connectivity index is 2.90. The number of hydrogen-bond donors (Lipinski definition) is 1. The van der Waals surface area contributed by atoms with E-state index in [4.69, 9.17) is 23.2 Å². The van der Waals surface area contributed by atoms with Gasteiger partial charge < -0.3 is 5.73 Å². The molecular weight excluding hydrogens is 156 g/mol. The van der Waals surface area contributed by atoms with Crippen LogP contribution in [0.5, 0.6) is 0 Å². The molecule has 0 heterocycles. The third-order valence-electron chi connectivity index (χ3n) is 1.47. The maximum Gasteiger partial charge on any atom is 0.0991 e. The van der Waals surface area contributed by atoms with Crippen LogP contribution < -0.4 is 5.73 Å². The molecule has 2 nitrogen and oxygen atoms in total. The van der Waals surface area contributed by atoms with Gasteiger partial charge in [0.15, 0.2) is 0 Å². The zero-order chi connectivity index (χ0) is 8.27. The van der Waals surface area contributed by atoms with Gasteiger partial charge in [-0.15, -0.1) is 0 Å². The van der Waals surface area contributed by atoms with Crippen LogP contribution in [0.2, 0.25) is 0 Å². The predicted octanol–water partition coefficient (Wildman–Crippen LogP) is 1.10. The Labute approximate surface area is 71.0 Å². The van der Waals surface area contributed by atoms with E-state index in [0.29, 0.717) is 12.1 Å². The van der Waals surface area contributed by atoms with Gasteiger partial charge >= 0.3 is 0 Å². The molecule has 2 N–H and O–H groups in total. The summed E-state index contributed by atoms with van der Waals surface area (Å²) in [7, 11) is 0. The lowest BCUT2D eigenvalue weighted by molar-refractivity contribution is 1.09. The number of nitrogens with zero attached hydrogens (tertiary/aromatic N) is 1. The van der Waals surface area contributed by atoms with Crippen LogP contribution in [-0.2, 0) is 0 Å². The molecule has 0 saturated heterocycles. The van der Waals surface area contributed by atoms with Gasteiger partial charge in [-0.1, -0.05) is 17.8 Å². The molecule has 0 spiro atoms. The van der Waals surface area contributed by atoms with Crippen molar-refractivity contribution in [3.63, 3.8) is 0 Å². The molecule has 0 aromatic heterocycles. The van der Waals surface area contributed by atoms with Gasteiger partial charge in [0.05, 0.1) is 11.6 Å². The van der Waals surface area contributed by atoms with E-state index in [1.165, 1.54) is 0 Å². The minimum Gasteiger partial charge on any atom is -0.327 e. The van der Waals surface area contributed by atoms with E-state index in [-0.39, 0.29) is 0 Å². The van der Waals surface area contributed by atoms with Crippen LogP contribution >= 0.6 is 12.2 Å². The molecule has 0 radical (unpaired) electrons. The lowest BCUT2D eigenvalue weighted by atomic mass is 10.0. The predicted molar refractivity (Wildman–Crippen MR) is 48.0 cm³/mol.